The summed E-state index contributed by atoms with van der Waals surface area (Å²) in [5, 5.41) is 1.47. The largest absolute Gasteiger partial charge is 0.239 e. The Hall–Kier alpha value is 0.0200. The second-order valence-electron chi connectivity index (χ2n) is 0.442. The van der Waals surface area contributed by atoms with E-state index in [4.69, 9.17) is 0 Å². The first kappa shape index (κ1) is 5.02. The van der Waals surface area contributed by atoms with Crippen molar-refractivity contribution in [1.29, 1.82) is 0 Å². The Kier molecular flexibility index (Phi) is 4.04. The fraction of sp³-hybridized carbons (Fsp3) is 0.333. The number of thioether (sulfide) groups is 1. The van der Waals surface area contributed by atoms with Crippen LogP contribution in [0.2, 0.25) is 0 Å². The first-order valence-corrected chi connectivity index (χ1v) is 2.25. The van der Waals surface area contributed by atoms with Gasteiger partial charge in [0.15, 0.2) is 0 Å². The van der Waals surface area contributed by atoms with E-state index in [0.29, 0.717) is 0 Å². The summed E-state index contributed by atoms with van der Waals surface area (Å²) in [7, 11) is 0. The first-order valence-electron chi connectivity index (χ1n) is 1.20. The van der Waals surface area contributed by atoms with Crippen LogP contribution in [0.5, 0.6) is 0 Å². The Balaban J connectivity index is 2.40. The maximum Gasteiger partial charge on any atom is 0.139 e. The van der Waals surface area contributed by atoms with E-state index in [2.05, 4.69) is 6.58 Å². The first-order chi connectivity index (χ1) is 2.41. The topological polar surface area (TPSA) is 0 Å². The van der Waals surface area contributed by atoms with Crippen LogP contribution in [-0.2, 0) is 0 Å². The molecule has 0 saturated carbocycles. The molecule has 0 atom stereocenters. The van der Waals surface area contributed by atoms with Crippen LogP contribution < -0.4 is 0 Å². The third kappa shape index (κ3) is 4.02. The predicted molar refractivity (Wildman–Crippen MR) is 23.8 cm³/mol. The third-order valence-corrected chi connectivity index (χ3v) is 0.543. The number of rotatable bonds is 2. The van der Waals surface area contributed by atoms with Gasteiger partial charge in [-0.25, -0.2) is 4.39 Å². The van der Waals surface area contributed by atoms with Crippen molar-refractivity contribution in [3.05, 3.63) is 12.0 Å². The maximum atomic E-state index is 10.9. The van der Waals surface area contributed by atoms with Crippen molar-refractivity contribution in [3.63, 3.8) is 0 Å². The van der Waals surface area contributed by atoms with Crippen LogP contribution >= 0.6 is 11.8 Å². The fourth-order valence-electron chi connectivity index (χ4n) is 0.0445. The molecule has 0 unspecified atom stereocenters. The number of hydrogen-bond donors (Lipinski definition) is 0. The molecule has 0 nitrogen and oxygen atoms in total. The van der Waals surface area contributed by atoms with Gasteiger partial charge in [0.05, 0.1) is 0 Å². The molecular weight excluding hydrogens is 87.1 g/mol. The minimum Gasteiger partial charge on any atom is -0.239 e. The number of hydrogen-bond acceptors (Lipinski definition) is 1. The molecule has 0 amide bonds. The Bertz CT molecular complexity index is 28.1. The van der Waals surface area contributed by atoms with Crippen molar-refractivity contribution in [2.75, 3.05) is 6.01 Å². The molecule has 0 aromatic rings. The summed E-state index contributed by atoms with van der Waals surface area (Å²) in [5.41, 5.74) is 0. The van der Waals surface area contributed by atoms with E-state index in [1.165, 1.54) is 5.41 Å². The van der Waals surface area contributed by atoms with Gasteiger partial charge in [0.25, 0.3) is 0 Å². The molecule has 30 valence electrons. The lowest BCUT2D eigenvalue weighted by molar-refractivity contribution is 0.607. The Morgan fingerprint density at radius 1 is 2.00 bits per heavy atom. The summed E-state index contributed by atoms with van der Waals surface area (Å²) in [5.74, 6) is 0. The summed E-state index contributed by atoms with van der Waals surface area (Å²) in [6.07, 6.45) is 0. The molecule has 0 rings (SSSR count). The molecule has 0 aromatic heterocycles. The SMILES string of the molecule is C=CSCF. The minimum absolute atomic E-state index is 0.358. The normalized spacial score (nSPS) is 7.40. The van der Waals surface area contributed by atoms with Crippen LogP contribution in [0.25, 0.3) is 0 Å². The summed E-state index contributed by atoms with van der Waals surface area (Å²) in [4.78, 5) is 0. The quantitative estimate of drug-likeness (QED) is 0.500. The molecule has 0 radical (unpaired) electrons. The molecule has 0 aromatic carbocycles. The zero-order chi connectivity index (χ0) is 4.12. The average Bonchev–Trinajstić information content (AvgIpc) is 1.41. The molecular formula is C3H5FS. The monoisotopic (exact) mass is 92.0 g/mol. The standard InChI is InChI=1S/C3H5FS/c1-2-5-3-4/h2H,1,3H2. The molecule has 0 fully saturated rings. The molecule has 0 aliphatic carbocycles. The highest BCUT2D eigenvalue weighted by atomic mass is 32.2. The van der Waals surface area contributed by atoms with Crippen molar-refractivity contribution in [2.24, 2.45) is 0 Å². The van der Waals surface area contributed by atoms with Gasteiger partial charge in [-0.3, -0.25) is 0 Å². The van der Waals surface area contributed by atoms with Gasteiger partial charge in [0.1, 0.15) is 6.01 Å². The van der Waals surface area contributed by atoms with Crippen LogP contribution in [0, 0.1) is 0 Å². The van der Waals surface area contributed by atoms with Crippen LogP contribution in [0.4, 0.5) is 4.39 Å². The van der Waals surface area contributed by atoms with Gasteiger partial charge in [-0.1, -0.05) is 6.58 Å². The fourth-order valence-corrected chi connectivity index (χ4v) is 0.134. The van der Waals surface area contributed by atoms with Crippen LogP contribution in [0.3, 0.4) is 0 Å². The van der Waals surface area contributed by atoms with Gasteiger partial charge < -0.3 is 0 Å². The zero-order valence-electron chi connectivity index (χ0n) is 2.78. The lowest BCUT2D eigenvalue weighted by Gasteiger charge is -1.70. The van der Waals surface area contributed by atoms with Gasteiger partial charge in [-0.2, -0.15) is 0 Å². The summed E-state index contributed by atoms with van der Waals surface area (Å²) >= 11 is 1.06. The second-order valence-corrected chi connectivity index (χ2v) is 1.33. The Labute approximate surface area is 35.1 Å². The molecule has 0 N–H and O–H groups in total. The van der Waals surface area contributed by atoms with Gasteiger partial charge in [-0.15, -0.1) is 11.8 Å². The summed E-state index contributed by atoms with van der Waals surface area (Å²) < 4.78 is 10.9. The zero-order valence-corrected chi connectivity index (χ0v) is 3.59. The summed E-state index contributed by atoms with van der Waals surface area (Å²) in [6.45, 7) is 3.27. The summed E-state index contributed by atoms with van der Waals surface area (Å²) in [6, 6.07) is -0.358. The predicted octanol–water partition coefficient (Wildman–Crippen LogP) is 1.79. The lowest BCUT2D eigenvalue weighted by atomic mass is 11.3. The molecule has 0 heterocycles. The van der Waals surface area contributed by atoms with Crippen molar-refractivity contribution in [2.45, 2.75) is 0 Å². The minimum atomic E-state index is -0.358. The smallest absolute Gasteiger partial charge is 0.139 e. The van der Waals surface area contributed by atoms with E-state index < -0.39 is 0 Å². The van der Waals surface area contributed by atoms with Crippen LogP contribution in [-0.4, -0.2) is 6.01 Å². The van der Waals surface area contributed by atoms with Crippen molar-refractivity contribution in [1.82, 2.24) is 0 Å². The van der Waals surface area contributed by atoms with Gasteiger partial charge in [0, 0.05) is 0 Å². The Morgan fingerprint density at radius 3 is 2.60 bits per heavy atom. The third-order valence-electron chi connectivity index (χ3n) is 0.181. The van der Waals surface area contributed by atoms with Crippen molar-refractivity contribution >= 4 is 11.8 Å². The molecule has 0 bridgehead atoms. The molecule has 0 aliphatic rings. The van der Waals surface area contributed by atoms with Gasteiger partial charge >= 0.3 is 0 Å². The maximum absolute atomic E-state index is 10.9. The van der Waals surface area contributed by atoms with E-state index in [1.54, 1.807) is 0 Å². The molecule has 0 spiro atoms. The molecule has 2 heteroatoms. The lowest BCUT2D eigenvalue weighted by Crippen LogP contribution is -1.47. The number of halogens is 1. The van der Waals surface area contributed by atoms with E-state index in [9.17, 15) is 4.39 Å². The Morgan fingerprint density at radius 2 is 2.60 bits per heavy atom. The number of alkyl halides is 1. The highest BCUT2D eigenvalue weighted by Crippen LogP contribution is 1.96. The van der Waals surface area contributed by atoms with E-state index in [1.807, 2.05) is 0 Å². The van der Waals surface area contributed by atoms with Gasteiger partial charge in [0.2, 0.25) is 0 Å². The second kappa shape index (κ2) is 4.02. The van der Waals surface area contributed by atoms with E-state index in [-0.39, 0.29) is 6.01 Å². The highest BCUT2D eigenvalue weighted by molar-refractivity contribution is 8.01. The highest BCUT2D eigenvalue weighted by Gasteiger charge is 1.65. The van der Waals surface area contributed by atoms with E-state index in [0.717, 1.165) is 11.8 Å². The molecule has 0 aliphatic heterocycles. The van der Waals surface area contributed by atoms with Gasteiger partial charge in [-0.05, 0) is 5.41 Å². The van der Waals surface area contributed by atoms with Crippen LogP contribution in [0.1, 0.15) is 0 Å². The average molecular weight is 92.1 g/mol. The molecule has 5 heavy (non-hydrogen) atoms. The molecule has 0 saturated heterocycles. The van der Waals surface area contributed by atoms with Crippen molar-refractivity contribution < 1.29 is 4.39 Å². The van der Waals surface area contributed by atoms with Crippen molar-refractivity contribution in [3.8, 4) is 0 Å². The van der Waals surface area contributed by atoms with Crippen LogP contribution in [0.15, 0.2) is 12.0 Å². The van der Waals surface area contributed by atoms with E-state index >= 15 is 0 Å².